The smallest absolute Gasteiger partial charge is 0.251 e. The number of rotatable bonds is 7. The summed E-state index contributed by atoms with van der Waals surface area (Å²) in [5.41, 5.74) is -3.98. The van der Waals surface area contributed by atoms with Crippen LogP contribution in [0.25, 0.3) is 11.3 Å². The maximum Gasteiger partial charge on any atom is 0.251 e. The van der Waals surface area contributed by atoms with E-state index in [4.69, 9.17) is 4.74 Å². The largest absolute Gasteiger partial charge is 0.394 e. The Morgan fingerprint density at radius 3 is 2.13 bits per heavy atom. The van der Waals surface area contributed by atoms with E-state index in [9.17, 15) is 56.0 Å². The first-order valence-corrected chi connectivity index (χ1v) is 15.1. The van der Waals surface area contributed by atoms with Gasteiger partial charge in [0.2, 0.25) is 11.8 Å². The number of carbonyl (C=O) groups is 1. The number of aromatic nitrogens is 3. The first kappa shape index (κ1) is 33.8. The van der Waals surface area contributed by atoms with E-state index in [0.717, 1.165) is 15.8 Å². The van der Waals surface area contributed by atoms with Gasteiger partial charge in [-0.1, -0.05) is 5.21 Å². The molecule has 1 aromatic heterocycles. The number of benzene rings is 1. The monoisotopic (exact) mass is 672 g/mol. The Bertz CT molecular complexity index is 1360. The Hall–Kier alpha value is -2.51. The molecule has 2 aromatic rings. The second kappa shape index (κ2) is 12.6. The molecule has 45 heavy (non-hydrogen) atoms. The third kappa shape index (κ3) is 6.95. The number of carbonyl (C=O) groups excluding carboxylic acids is 1. The van der Waals surface area contributed by atoms with Crippen LogP contribution in [-0.2, 0) is 9.53 Å². The lowest BCUT2D eigenvalue weighted by molar-refractivity contribution is -0.179. The van der Waals surface area contributed by atoms with Crippen LogP contribution in [0.3, 0.4) is 0 Å². The van der Waals surface area contributed by atoms with Crippen LogP contribution < -0.4 is 0 Å². The zero-order valence-electron chi connectivity index (χ0n) is 23.5. The number of amides is 1. The molecule has 2 aliphatic heterocycles. The highest BCUT2D eigenvalue weighted by Crippen LogP contribution is 2.47. The molecular weight excluding hydrogens is 641 g/mol. The van der Waals surface area contributed by atoms with Crippen molar-refractivity contribution in [2.75, 3.05) is 19.7 Å². The summed E-state index contributed by atoms with van der Waals surface area (Å²) in [5.74, 6) is -11.7. The van der Waals surface area contributed by atoms with Crippen molar-refractivity contribution in [2.24, 2.45) is 0 Å². The van der Waals surface area contributed by atoms with Crippen LogP contribution in [-0.4, -0.2) is 112 Å². The minimum Gasteiger partial charge on any atom is -0.394 e. The van der Waals surface area contributed by atoms with Gasteiger partial charge in [0.1, 0.15) is 40.7 Å². The number of likely N-dealkylation sites (tertiary alicyclic amines) is 1. The minimum atomic E-state index is -3.10. The van der Waals surface area contributed by atoms with Crippen molar-refractivity contribution in [1.29, 1.82) is 0 Å². The molecule has 3 aliphatic rings. The summed E-state index contributed by atoms with van der Waals surface area (Å²) in [6.45, 7) is -1.54. The highest BCUT2D eigenvalue weighted by molar-refractivity contribution is 8.01. The molecular formula is C27H31F7N4O6S. The van der Waals surface area contributed by atoms with Crippen molar-refractivity contribution < 1.29 is 60.7 Å². The van der Waals surface area contributed by atoms with Crippen molar-refractivity contribution in [2.45, 2.75) is 91.0 Å². The lowest BCUT2D eigenvalue weighted by Crippen LogP contribution is -2.59. The van der Waals surface area contributed by atoms with Crippen LogP contribution in [0.4, 0.5) is 30.7 Å². The van der Waals surface area contributed by atoms with E-state index in [-0.39, 0.29) is 24.3 Å². The highest BCUT2D eigenvalue weighted by atomic mass is 32.2. The van der Waals surface area contributed by atoms with E-state index in [1.165, 1.54) is 0 Å². The van der Waals surface area contributed by atoms with Crippen LogP contribution in [0.1, 0.15) is 44.6 Å². The van der Waals surface area contributed by atoms with Crippen molar-refractivity contribution in [3.05, 3.63) is 35.8 Å². The maximum atomic E-state index is 14.0. The third-order valence-corrected chi connectivity index (χ3v) is 10.2. The Kier molecular flexibility index (Phi) is 9.47. The molecule has 3 heterocycles. The quantitative estimate of drug-likeness (QED) is 0.258. The summed E-state index contributed by atoms with van der Waals surface area (Å²) >= 11 is 0.539. The number of ether oxygens (including phenoxy) is 1. The Labute approximate surface area is 256 Å². The van der Waals surface area contributed by atoms with Gasteiger partial charge in [-0.3, -0.25) is 4.79 Å². The van der Waals surface area contributed by atoms with E-state index in [0.29, 0.717) is 23.9 Å². The topological polar surface area (TPSA) is 141 Å². The van der Waals surface area contributed by atoms with Gasteiger partial charge in [0, 0.05) is 44.3 Å². The fraction of sp³-hybridized carbons (Fsp3) is 0.667. The number of hydrogen-bond acceptors (Lipinski definition) is 9. The van der Waals surface area contributed by atoms with E-state index in [1.807, 2.05) is 0 Å². The van der Waals surface area contributed by atoms with Crippen molar-refractivity contribution in [3.8, 4) is 11.3 Å². The molecule has 1 saturated carbocycles. The molecule has 3 fully saturated rings. The lowest BCUT2D eigenvalue weighted by Gasteiger charge is -2.47. The van der Waals surface area contributed by atoms with Crippen molar-refractivity contribution in [1.82, 2.24) is 19.9 Å². The van der Waals surface area contributed by atoms with Gasteiger partial charge in [-0.15, -0.1) is 16.9 Å². The number of aliphatic hydroxyl groups excluding tert-OH is 3. The van der Waals surface area contributed by atoms with Crippen molar-refractivity contribution >= 4 is 17.7 Å². The van der Waals surface area contributed by atoms with Crippen LogP contribution in [0.5, 0.6) is 0 Å². The standard InChI is InChI=1S/C27H31F7N4O6S/c28-14-9-13(10-15(29)18(14)30)16-11-38(36-35-16)19-20(40)17(12-39)44-24(21(19)41)45-22(25(43)1-3-26(31,32)4-2-25)23(42)37-7-5-27(33,34)6-8-37/h9-11,17,19-22,24,39-41,43H,1-8,12H2/t17-,19+,20+,21-,22?,24+/m1/s1. The van der Waals surface area contributed by atoms with Gasteiger partial charge in [-0.2, -0.15) is 0 Å². The minimum absolute atomic E-state index is 0.184. The second-order valence-corrected chi connectivity index (χ2v) is 12.9. The fourth-order valence-corrected chi connectivity index (χ4v) is 7.38. The third-order valence-electron chi connectivity index (χ3n) is 8.58. The number of alkyl halides is 4. The molecule has 0 radical (unpaired) electrons. The molecule has 10 nitrogen and oxygen atoms in total. The first-order chi connectivity index (χ1) is 21.0. The molecule has 6 atom stereocenters. The van der Waals surface area contributed by atoms with Gasteiger partial charge in [-0.05, 0) is 25.0 Å². The molecule has 1 aliphatic carbocycles. The Morgan fingerprint density at radius 2 is 1.56 bits per heavy atom. The molecule has 4 N–H and O–H groups in total. The molecule has 1 amide bonds. The fourth-order valence-electron chi connectivity index (χ4n) is 5.83. The summed E-state index contributed by atoms with van der Waals surface area (Å²) in [4.78, 5) is 14.8. The van der Waals surface area contributed by atoms with Crippen LogP contribution in [0.2, 0.25) is 0 Å². The number of nitrogens with zero attached hydrogens (tertiary/aromatic N) is 4. The van der Waals surface area contributed by atoms with Crippen LogP contribution in [0.15, 0.2) is 18.3 Å². The molecule has 1 unspecified atom stereocenters. The van der Waals surface area contributed by atoms with Crippen LogP contribution in [0, 0.1) is 17.5 Å². The van der Waals surface area contributed by atoms with Crippen molar-refractivity contribution in [3.63, 3.8) is 0 Å². The summed E-state index contributed by atoms with van der Waals surface area (Å²) in [5, 5.41) is 49.8. The van der Waals surface area contributed by atoms with Gasteiger partial charge in [0.25, 0.3) is 5.92 Å². The lowest BCUT2D eigenvalue weighted by atomic mass is 9.80. The molecule has 2 saturated heterocycles. The average molecular weight is 673 g/mol. The summed E-state index contributed by atoms with van der Waals surface area (Å²) in [6.07, 6.45) is -7.64. The first-order valence-electron chi connectivity index (χ1n) is 14.2. The molecule has 0 bridgehead atoms. The predicted molar refractivity (Wildman–Crippen MR) is 143 cm³/mol. The van der Waals surface area contributed by atoms with E-state index in [2.05, 4.69) is 10.3 Å². The number of thioether (sulfide) groups is 1. The number of aliphatic hydroxyl groups is 4. The zero-order chi connectivity index (χ0) is 32.9. The maximum absolute atomic E-state index is 14.0. The van der Waals surface area contributed by atoms with Gasteiger partial charge in [0.15, 0.2) is 17.5 Å². The molecule has 18 heteroatoms. The average Bonchev–Trinajstić information content (AvgIpc) is 3.46. The SMILES string of the molecule is O=C(C(S[C@@H]1O[C@H](CO)[C@H](O)[C@H](n2cc(-c3cc(F)c(F)c(F)c3)nn2)[C@H]1O)C1(O)CCC(F)(F)CC1)N1CCC(F)(F)CC1. The molecule has 250 valence electrons. The summed E-state index contributed by atoms with van der Waals surface area (Å²) < 4.78 is 103. The molecule has 5 rings (SSSR count). The predicted octanol–water partition coefficient (Wildman–Crippen LogP) is 2.64. The van der Waals surface area contributed by atoms with Gasteiger partial charge in [0.05, 0.1) is 18.4 Å². The number of piperidine rings is 1. The molecule has 1 aromatic carbocycles. The number of hydrogen-bond donors (Lipinski definition) is 4. The van der Waals surface area contributed by atoms with E-state index >= 15 is 0 Å². The van der Waals surface area contributed by atoms with Crippen LogP contribution >= 0.6 is 11.8 Å². The molecule has 0 spiro atoms. The normalized spacial score (nSPS) is 30.2. The van der Waals surface area contributed by atoms with E-state index < -0.39 is 121 Å². The second-order valence-electron chi connectivity index (χ2n) is 11.7. The van der Waals surface area contributed by atoms with Gasteiger partial charge in [-0.25, -0.2) is 35.4 Å². The Morgan fingerprint density at radius 1 is 0.978 bits per heavy atom. The van der Waals surface area contributed by atoms with E-state index in [1.54, 1.807) is 0 Å². The summed E-state index contributed by atoms with van der Waals surface area (Å²) in [6, 6.07) is -0.167. The number of halogens is 7. The Balaban J connectivity index is 1.44. The van der Waals surface area contributed by atoms with Gasteiger partial charge < -0.3 is 30.1 Å². The van der Waals surface area contributed by atoms with Gasteiger partial charge >= 0.3 is 0 Å². The highest BCUT2D eigenvalue weighted by Gasteiger charge is 2.54. The summed E-state index contributed by atoms with van der Waals surface area (Å²) in [7, 11) is 0. The zero-order valence-corrected chi connectivity index (χ0v) is 24.3.